The van der Waals surface area contributed by atoms with Crippen LogP contribution in [-0.4, -0.2) is 40.9 Å². The Bertz CT molecular complexity index is 1010. The Morgan fingerprint density at radius 1 is 0.821 bits per heavy atom. The third-order valence-electron chi connectivity index (χ3n) is 8.28. The van der Waals surface area contributed by atoms with E-state index in [1.165, 1.54) is 16.7 Å². The average Bonchev–Trinajstić information content (AvgIpc) is 2.79. The zero-order valence-corrected chi connectivity index (χ0v) is 29.8. The summed E-state index contributed by atoms with van der Waals surface area (Å²) in [5.41, 5.74) is 3.93. The van der Waals surface area contributed by atoms with Gasteiger partial charge in [0.05, 0.1) is 6.10 Å². The molecule has 0 aliphatic rings. The predicted octanol–water partition coefficient (Wildman–Crippen LogP) is 9.80. The summed E-state index contributed by atoms with van der Waals surface area (Å²) in [6.07, 6.45) is 1.10. The van der Waals surface area contributed by atoms with E-state index >= 15 is 0 Å². The monoisotopic (exact) mass is 569 g/mol. The normalized spacial score (nSPS) is 14.9. The van der Waals surface area contributed by atoms with E-state index in [1.807, 2.05) is 0 Å². The summed E-state index contributed by atoms with van der Waals surface area (Å²) in [5, 5.41) is 0.123. The minimum atomic E-state index is -2.05. The third-order valence-corrected chi connectivity index (χ3v) is 13.4. The summed E-state index contributed by atoms with van der Waals surface area (Å²) in [4.78, 5) is 2.61. The first-order chi connectivity index (χ1) is 17.8. The Kier molecular flexibility index (Phi) is 11.7. The molecule has 3 nitrogen and oxygen atoms in total. The van der Waals surface area contributed by atoms with E-state index in [-0.39, 0.29) is 22.5 Å². The van der Waals surface area contributed by atoms with Crippen molar-refractivity contribution < 1.29 is 8.85 Å². The van der Waals surface area contributed by atoms with Gasteiger partial charge >= 0.3 is 0 Å². The second kappa shape index (κ2) is 13.5. The molecule has 0 spiro atoms. The molecule has 0 saturated heterocycles. The molecule has 0 fully saturated rings. The lowest BCUT2D eigenvalue weighted by Crippen LogP contribution is -2.44. The Labute approximate surface area is 244 Å². The molecule has 2 aromatic rings. The van der Waals surface area contributed by atoms with E-state index in [9.17, 15) is 0 Å². The molecule has 0 aliphatic carbocycles. The Balaban J connectivity index is 2.75. The smallest absolute Gasteiger partial charge is 0.250 e. The van der Waals surface area contributed by atoms with Gasteiger partial charge in [-0.05, 0) is 101 Å². The maximum atomic E-state index is 7.10. The quantitative estimate of drug-likeness (QED) is 0.237. The largest absolute Gasteiger partial charge is 0.543 e. The van der Waals surface area contributed by atoms with E-state index < -0.39 is 17.4 Å². The van der Waals surface area contributed by atoms with Crippen molar-refractivity contribution in [2.24, 2.45) is 5.41 Å². The fourth-order valence-electron chi connectivity index (χ4n) is 5.16. The molecule has 0 aromatic heterocycles. The fourth-order valence-corrected chi connectivity index (χ4v) is 7.31. The molecule has 0 heterocycles. The summed E-state index contributed by atoms with van der Waals surface area (Å²) in [6.45, 7) is 33.4. The molecule has 39 heavy (non-hydrogen) atoms. The molecule has 2 unspecified atom stereocenters. The zero-order valence-electron chi connectivity index (χ0n) is 27.7. The molecule has 5 heteroatoms. The summed E-state index contributed by atoms with van der Waals surface area (Å²) in [6, 6.07) is 19.0. The van der Waals surface area contributed by atoms with Crippen LogP contribution in [0.5, 0.6) is 5.75 Å². The van der Waals surface area contributed by atoms with Crippen molar-refractivity contribution in [3.05, 3.63) is 65.2 Å². The van der Waals surface area contributed by atoms with Gasteiger partial charge in [-0.25, -0.2) is 0 Å². The zero-order chi connectivity index (χ0) is 29.8. The highest BCUT2D eigenvalue weighted by molar-refractivity contribution is 6.74. The van der Waals surface area contributed by atoms with Crippen LogP contribution < -0.4 is 4.43 Å². The van der Waals surface area contributed by atoms with Crippen LogP contribution in [0.1, 0.15) is 104 Å². The Morgan fingerprint density at radius 3 is 1.85 bits per heavy atom. The molecule has 0 radical (unpaired) electrons. The summed E-state index contributed by atoms with van der Waals surface area (Å²) < 4.78 is 13.8. The van der Waals surface area contributed by atoms with E-state index in [4.69, 9.17) is 8.85 Å². The van der Waals surface area contributed by atoms with Gasteiger partial charge in [-0.15, -0.1) is 0 Å². The number of hydrogen-bond acceptors (Lipinski definition) is 3. The molecular formula is C34H59NO2Si2. The second-order valence-corrected chi connectivity index (χ2v) is 21.9. The Morgan fingerprint density at radius 2 is 1.38 bits per heavy atom. The van der Waals surface area contributed by atoms with Crippen LogP contribution in [0.4, 0.5) is 0 Å². The van der Waals surface area contributed by atoms with E-state index in [1.54, 1.807) is 0 Å². The van der Waals surface area contributed by atoms with Gasteiger partial charge in [0.2, 0.25) is 8.32 Å². The lowest BCUT2D eigenvalue weighted by molar-refractivity contribution is 0.0865. The van der Waals surface area contributed by atoms with Crippen LogP contribution in [0.15, 0.2) is 48.5 Å². The minimum absolute atomic E-state index is 0.00464. The molecule has 0 amide bonds. The molecule has 2 aromatic carbocycles. The van der Waals surface area contributed by atoms with Crippen LogP contribution in [0.25, 0.3) is 0 Å². The highest BCUT2D eigenvalue weighted by Crippen LogP contribution is 2.44. The molecule has 0 saturated carbocycles. The van der Waals surface area contributed by atoms with Gasteiger partial charge in [0.1, 0.15) is 5.75 Å². The van der Waals surface area contributed by atoms with Gasteiger partial charge in [0.25, 0.3) is 0 Å². The van der Waals surface area contributed by atoms with Crippen molar-refractivity contribution in [1.29, 1.82) is 0 Å². The first-order valence-corrected chi connectivity index (χ1v) is 20.8. The van der Waals surface area contributed by atoms with Gasteiger partial charge in [-0.1, -0.05) is 77.9 Å². The summed E-state index contributed by atoms with van der Waals surface area (Å²) >= 11 is 0. The predicted molar refractivity (Wildman–Crippen MR) is 176 cm³/mol. The average molecular weight is 570 g/mol. The van der Waals surface area contributed by atoms with E-state index in [0.717, 1.165) is 18.7 Å². The first-order valence-electron chi connectivity index (χ1n) is 15.1. The molecule has 0 N–H and O–H groups in total. The standard InChI is InChI=1S/C34H59NO2Si2/c1-25(2)35(26(3)4)23-22-29(27-18-16-15-17-19-27)30-24-28(32(33(5,6)7)36-38(11)12)20-21-31(30)37-39(13,14)34(8,9)10/h15-21,24-26,29,32,38H,22-23H2,1-14H3. The highest BCUT2D eigenvalue weighted by Gasteiger charge is 2.40. The molecule has 2 rings (SSSR count). The first kappa shape index (κ1) is 33.8. The van der Waals surface area contributed by atoms with Crippen LogP contribution in [0, 0.1) is 5.41 Å². The lowest BCUT2D eigenvalue weighted by Gasteiger charge is -2.39. The third kappa shape index (κ3) is 9.31. The maximum absolute atomic E-state index is 7.10. The van der Waals surface area contributed by atoms with Crippen molar-refractivity contribution in [3.8, 4) is 5.75 Å². The number of benzene rings is 2. The minimum Gasteiger partial charge on any atom is -0.543 e. The number of hydrogen-bond donors (Lipinski definition) is 0. The number of nitrogens with zero attached hydrogens (tertiary/aromatic N) is 1. The molecule has 0 bridgehead atoms. The van der Waals surface area contributed by atoms with Crippen molar-refractivity contribution in [2.45, 2.75) is 131 Å². The molecule has 220 valence electrons. The molecule has 2 atom stereocenters. The van der Waals surface area contributed by atoms with Gasteiger partial charge in [-0.2, -0.15) is 0 Å². The van der Waals surface area contributed by atoms with Gasteiger partial charge < -0.3 is 8.85 Å². The van der Waals surface area contributed by atoms with Crippen molar-refractivity contribution >= 4 is 17.4 Å². The van der Waals surface area contributed by atoms with Crippen LogP contribution >= 0.6 is 0 Å². The topological polar surface area (TPSA) is 21.7 Å². The Hall–Kier alpha value is -1.41. The van der Waals surface area contributed by atoms with E-state index in [2.05, 4.69) is 149 Å². The van der Waals surface area contributed by atoms with Crippen molar-refractivity contribution in [3.63, 3.8) is 0 Å². The molecule has 0 aliphatic heterocycles. The maximum Gasteiger partial charge on any atom is 0.250 e. The summed E-state index contributed by atoms with van der Waals surface area (Å²) in [5.74, 6) is 1.29. The highest BCUT2D eigenvalue weighted by atomic mass is 28.4. The molecular weight excluding hydrogens is 511 g/mol. The van der Waals surface area contributed by atoms with Crippen LogP contribution in [0.2, 0.25) is 31.2 Å². The SMILES string of the molecule is CC(C)N(CCC(c1ccccc1)c1cc(C(O[SiH](C)C)C(C)(C)C)ccc1O[Si](C)(C)C(C)(C)C)C(C)C. The van der Waals surface area contributed by atoms with E-state index in [0.29, 0.717) is 12.1 Å². The van der Waals surface area contributed by atoms with Crippen molar-refractivity contribution in [1.82, 2.24) is 4.90 Å². The second-order valence-electron chi connectivity index (χ2n) is 14.8. The number of rotatable bonds is 12. The van der Waals surface area contributed by atoms with Gasteiger partial charge in [-0.3, -0.25) is 4.90 Å². The van der Waals surface area contributed by atoms with Crippen molar-refractivity contribution in [2.75, 3.05) is 6.54 Å². The lowest BCUT2D eigenvalue weighted by atomic mass is 9.81. The van der Waals surface area contributed by atoms with Crippen LogP contribution in [-0.2, 0) is 4.43 Å². The van der Waals surface area contributed by atoms with Gasteiger partial charge in [0.15, 0.2) is 9.04 Å². The van der Waals surface area contributed by atoms with Crippen LogP contribution in [0.3, 0.4) is 0 Å². The van der Waals surface area contributed by atoms with Gasteiger partial charge in [0, 0.05) is 23.6 Å². The summed E-state index contributed by atoms with van der Waals surface area (Å²) in [7, 11) is -3.30. The fraction of sp³-hybridized carbons (Fsp3) is 0.647.